The standard InChI is InChI=1S/C23H36O4/c1-2-7-24-23(25-8-3-1)14-18-11-20(23)12-21(18)17-6-9-26-22(27-15-17)13-16-4-5-19(22)10-16/h16-21H,1-15H2/t16?,17?,18?,19?,20?,21-,22?/m0/s1. The highest BCUT2D eigenvalue weighted by Crippen LogP contribution is 2.60. The zero-order chi connectivity index (χ0) is 17.9. The zero-order valence-electron chi connectivity index (χ0n) is 16.7. The lowest BCUT2D eigenvalue weighted by Crippen LogP contribution is -2.45. The van der Waals surface area contributed by atoms with Crippen LogP contribution >= 0.6 is 0 Å². The molecule has 2 spiro atoms. The Bertz CT molecular complexity index is 557. The van der Waals surface area contributed by atoms with Crippen LogP contribution < -0.4 is 0 Å². The van der Waals surface area contributed by atoms with Gasteiger partial charge < -0.3 is 18.9 Å². The Hall–Kier alpha value is -0.160. The maximum atomic E-state index is 6.61. The van der Waals surface area contributed by atoms with E-state index in [1.54, 1.807) is 0 Å². The van der Waals surface area contributed by atoms with Gasteiger partial charge in [0, 0.05) is 24.7 Å². The first-order valence-electron chi connectivity index (χ1n) is 11.8. The fourth-order valence-electron chi connectivity index (χ4n) is 7.80. The summed E-state index contributed by atoms with van der Waals surface area (Å²) in [6, 6.07) is 0. The first-order valence-corrected chi connectivity index (χ1v) is 11.8. The van der Waals surface area contributed by atoms with E-state index in [-0.39, 0.29) is 11.6 Å². The van der Waals surface area contributed by atoms with Crippen LogP contribution in [0.15, 0.2) is 0 Å². The monoisotopic (exact) mass is 376 g/mol. The van der Waals surface area contributed by atoms with Crippen LogP contribution in [0.5, 0.6) is 0 Å². The molecule has 6 rings (SSSR count). The van der Waals surface area contributed by atoms with Gasteiger partial charge in [-0.1, -0.05) is 0 Å². The Labute approximate surface area is 163 Å². The highest BCUT2D eigenvalue weighted by Gasteiger charge is 2.59. The van der Waals surface area contributed by atoms with Crippen molar-refractivity contribution in [3.8, 4) is 0 Å². The van der Waals surface area contributed by atoms with Crippen LogP contribution in [-0.2, 0) is 18.9 Å². The summed E-state index contributed by atoms with van der Waals surface area (Å²) >= 11 is 0. The molecule has 6 fully saturated rings. The molecule has 0 aromatic rings. The van der Waals surface area contributed by atoms with Crippen molar-refractivity contribution < 1.29 is 18.9 Å². The smallest absolute Gasteiger partial charge is 0.171 e. The van der Waals surface area contributed by atoms with Gasteiger partial charge in [0.05, 0.1) is 26.4 Å². The van der Waals surface area contributed by atoms with E-state index in [9.17, 15) is 0 Å². The van der Waals surface area contributed by atoms with Crippen molar-refractivity contribution in [2.45, 2.75) is 82.2 Å². The van der Waals surface area contributed by atoms with Gasteiger partial charge in [0.25, 0.3) is 0 Å². The lowest BCUT2D eigenvalue weighted by atomic mass is 9.76. The van der Waals surface area contributed by atoms with Crippen LogP contribution in [-0.4, -0.2) is 38.0 Å². The van der Waals surface area contributed by atoms with Gasteiger partial charge in [0.2, 0.25) is 0 Å². The summed E-state index contributed by atoms with van der Waals surface area (Å²) < 4.78 is 25.7. The van der Waals surface area contributed by atoms with Crippen LogP contribution in [0.4, 0.5) is 0 Å². The average molecular weight is 377 g/mol. The van der Waals surface area contributed by atoms with Crippen LogP contribution in [0.1, 0.15) is 70.6 Å². The molecule has 152 valence electrons. The van der Waals surface area contributed by atoms with Gasteiger partial charge in [-0.05, 0) is 81.5 Å². The molecule has 4 heteroatoms. The minimum absolute atomic E-state index is 0.206. The van der Waals surface area contributed by atoms with Crippen molar-refractivity contribution in [2.75, 3.05) is 26.4 Å². The molecule has 0 N–H and O–H groups in total. The second kappa shape index (κ2) is 6.68. The van der Waals surface area contributed by atoms with E-state index in [0.717, 1.165) is 57.0 Å². The van der Waals surface area contributed by atoms with Crippen LogP contribution in [0.2, 0.25) is 0 Å². The Morgan fingerprint density at radius 3 is 2.11 bits per heavy atom. The second-order valence-electron chi connectivity index (χ2n) is 10.5. The molecule has 0 radical (unpaired) electrons. The van der Waals surface area contributed by atoms with E-state index in [1.807, 2.05) is 0 Å². The van der Waals surface area contributed by atoms with E-state index < -0.39 is 0 Å². The van der Waals surface area contributed by atoms with Gasteiger partial charge in [0.15, 0.2) is 11.6 Å². The fraction of sp³-hybridized carbons (Fsp3) is 1.00. The quantitative estimate of drug-likeness (QED) is 0.674. The predicted molar refractivity (Wildman–Crippen MR) is 101 cm³/mol. The molecule has 4 bridgehead atoms. The van der Waals surface area contributed by atoms with E-state index >= 15 is 0 Å². The Morgan fingerprint density at radius 1 is 0.593 bits per heavy atom. The molecular weight excluding hydrogens is 340 g/mol. The molecule has 0 aromatic carbocycles. The largest absolute Gasteiger partial charge is 0.350 e. The minimum Gasteiger partial charge on any atom is -0.350 e. The van der Waals surface area contributed by atoms with Crippen LogP contribution in [0, 0.1) is 35.5 Å². The Kier molecular flexibility index (Phi) is 4.38. The lowest BCUT2D eigenvalue weighted by Gasteiger charge is -2.42. The van der Waals surface area contributed by atoms with Crippen LogP contribution in [0.3, 0.4) is 0 Å². The molecular formula is C23H36O4. The van der Waals surface area contributed by atoms with E-state index in [4.69, 9.17) is 18.9 Å². The number of rotatable bonds is 1. The summed E-state index contributed by atoms with van der Waals surface area (Å²) in [6.45, 7) is 3.60. The summed E-state index contributed by atoms with van der Waals surface area (Å²) in [5, 5.41) is 0. The maximum absolute atomic E-state index is 6.61. The Balaban J connectivity index is 1.11. The van der Waals surface area contributed by atoms with E-state index in [2.05, 4.69) is 0 Å². The molecule has 6 unspecified atom stereocenters. The minimum atomic E-state index is -0.241. The zero-order valence-corrected chi connectivity index (χ0v) is 16.7. The van der Waals surface area contributed by atoms with Gasteiger partial charge >= 0.3 is 0 Å². The lowest BCUT2D eigenvalue weighted by molar-refractivity contribution is -0.275. The van der Waals surface area contributed by atoms with Crippen molar-refractivity contribution in [3.63, 3.8) is 0 Å². The molecule has 2 aliphatic heterocycles. The van der Waals surface area contributed by atoms with Crippen LogP contribution in [0.25, 0.3) is 0 Å². The highest BCUT2D eigenvalue weighted by molar-refractivity contribution is 5.04. The maximum Gasteiger partial charge on any atom is 0.171 e. The Morgan fingerprint density at radius 2 is 1.41 bits per heavy atom. The summed E-state index contributed by atoms with van der Waals surface area (Å²) in [7, 11) is 0. The molecule has 0 aromatic heterocycles. The van der Waals surface area contributed by atoms with E-state index in [1.165, 1.54) is 57.8 Å². The molecule has 7 atom stereocenters. The molecule has 6 aliphatic rings. The van der Waals surface area contributed by atoms with Gasteiger partial charge in [-0.3, -0.25) is 0 Å². The van der Waals surface area contributed by atoms with Gasteiger partial charge in [-0.25, -0.2) is 0 Å². The summed E-state index contributed by atoms with van der Waals surface area (Å²) in [5.74, 6) is 3.91. The first kappa shape index (κ1) is 17.7. The third-order valence-corrected chi connectivity index (χ3v) is 9.12. The summed E-state index contributed by atoms with van der Waals surface area (Å²) in [5.41, 5.74) is 0. The van der Waals surface area contributed by atoms with Crippen molar-refractivity contribution >= 4 is 0 Å². The third kappa shape index (κ3) is 2.85. The van der Waals surface area contributed by atoms with Crippen molar-refractivity contribution in [1.29, 1.82) is 0 Å². The van der Waals surface area contributed by atoms with Gasteiger partial charge in [-0.2, -0.15) is 0 Å². The fourth-order valence-corrected chi connectivity index (χ4v) is 7.80. The summed E-state index contributed by atoms with van der Waals surface area (Å²) in [4.78, 5) is 0. The van der Waals surface area contributed by atoms with Gasteiger partial charge in [0.1, 0.15) is 0 Å². The molecule has 4 aliphatic carbocycles. The first-order chi connectivity index (χ1) is 13.3. The molecule has 2 heterocycles. The summed E-state index contributed by atoms with van der Waals surface area (Å²) in [6.07, 6.45) is 13.7. The number of hydrogen-bond acceptors (Lipinski definition) is 4. The van der Waals surface area contributed by atoms with E-state index in [0.29, 0.717) is 17.8 Å². The highest BCUT2D eigenvalue weighted by atomic mass is 16.7. The molecule has 27 heavy (non-hydrogen) atoms. The second-order valence-corrected chi connectivity index (χ2v) is 10.5. The van der Waals surface area contributed by atoms with Crippen molar-refractivity contribution in [1.82, 2.24) is 0 Å². The third-order valence-electron chi connectivity index (χ3n) is 9.12. The van der Waals surface area contributed by atoms with Crippen molar-refractivity contribution in [3.05, 3.63) is 0 Å². The normalized spacial score (nSPS) is 51.6. The number of ether oxygens (including phenoxy) is 4. The molecule has 4 nitrogen and oxygen atoms in total. The molecule has 0 amide bonds. The van der Waals surface area contributed by atoms with Crippen molar-refractivity contribution in [2.24, 2.45) is 35.5 Å². The van der Waals surface area contributed by atoms with Gasteiger partial charge in [-0.15, -0.1) is 0 Å². The predicted octanol–water partition coefficient (Wildman–Crippen LogP) is 4.52. The number of fused-ring (bicyclic) bond motifs is 6. The SMILES string of the molecule is C1CCOC2(CC3CC2C[C@H]3C2CCOC3(CC4CCC3C4)OC2)OCC1. The topological polar surface area (TPSA) is 36.9 Å². The number of hydrogen-bond donors (Lipinski definition) is 0. The average Bonchev–Trinajstić information content (AvgIpc) is 3.38. The molecule has 2 saturated heterocycles. The molecule has 4 saturated carbocycles.